The van der Waals surface area contributed by atoms with Crippen LogP contribution in [0.25, 0.3) is 0 Å². The number of ether oxygens (including phenoxy) is 1. The van der Waals surface area contributed by atoms with E-state index >= 15 is 0 Å². The molecule has 4 heteroatoms. The molecule has 0 radical (unpaired) electrons. The highest BCUT2D eigenvalue weighted by Crippen LogP contribution is 2.13. The van der Waals surface area contributed by atoms with Gasteiger partial charge >= 0.3 is 0 Å². The number of nitrogens with one attached hydrogen (secondary N) is 1. The van der Waals surface area contributed by atoms with Gasteiger partial charge in [0.15, 0.2) is 0 Å². The number of benzene rings is 1. The summed E-state index contributed by atoms with van der Waals surface area (Å²) < 4.78 is 18.3. The standard InChI is InChI=1S/C14H22FNO2/c1-11-8-12(4-5-13(11)15)9-16-14(2,6-7-17)10-18-3/h4-5,8,16-17H,6-7,9-10H2,1-3H3. The first-order valence-corrected chi connectivity index (χ1v) is 6.10. The Morgan fingerprint density at radius 3 is 2.72 bits per heavy atom. The summed E-state index contributed by atoms with van der Waals surface area (Å²) >= 11 is 0. The lowest BCUT2D eigenvalue weighted by Gasteiger charge is -2.29. The fourth-order valence-electron chi connectivity index (χ4n) is 1.91. The molecule has 1 aromatic rings. The van der Waals surface area contributed by atoms with Crippen LogP contribution in [-0.2, 0) is 11.3 Å². The van der Waals surface area contributed by atoms with Crippen molar-refractivity contribution in [2.45, 2.75) is 32.4 Å². The summed E-state index contributed by atoms with van der Waals surface area (Å²) in [4.78, 5) is 0. The van der Waals surface area contributed by atoms with Crippen LogP contribution in [0.15, 0.2) is 18.2 Å². The largest absolute Gasteiger partial charge is 0.396 e. The fraction of sp³-hybridized carbons (Fsp3) is 0.571. The fourth-order valence-corrected chi connectivity index (χ4v) is 1.91. The van der Waals surface area contributed by atoms with Crippen molar-refractivity contribution < 1.29 is 14.2 Å². The first kappa shape index (κ1) is 15.1. The summed E-state index contributed by atoms with van der Waals surface area (Å²) in [5, 5.41) is 12.4. The molecular weight excluding hydrogens is 233 g/mol. The van der Waals surface area contributed by atoms with Crippen LogP contribution in [0.4, 0.5) is 4.39 Å². The molecule has 0 amide bonds. The second-order valence-electron chi connectivity index (χ2n) is 4.90. The van der Waals surface area contributed by atoms with Gasteiger partial charge in [0.2, 0.25) is 0 Å². The Balaban J connectivity index is 2.63. The van der Waals surface area contributed by atoms with Crippen LogP contribution in [-0.4, -0.2) is 31.0 Å². The van der Waals surface area contributed by atoms with Gasteiger partial charge in [-0.15, -0.1) is 0 Å². The van der Waals surface area contributed by atoms with Crippen LogP contribution < -0.4 is 5.32 Å². The number of aliphatic hydroxyl groups excluding tert-OH is 1. The van der Waals surface area contributed by atoms with E-state index in [1.54, 1.807) is 20.1 Å². The van der Waals surface area contributed by atoms with E-state index in [4.69, 9.17) is 9.84 Å². The lowest BCUT2D eigenvalue weighted by molar-refractivity contribution is 0.0969. The zero-order valence-electron chi connectivity index (χ0n) is 11.3. The molecule has 3 nitrogen and oxygen atoms in total. The quantitative estimate of drug-likeness (QED) is 0.783. The average molecular weight is 255 g/mol. The predicted molar refractivity (Wildman–Crippen MR) is 70.0 cm³/mol. The van der Waals surface area contributed by atoms with Gasteiger partial charge in [0.25, 0.3) is 0 Å². The summed E-state index contributed by atoms with van der Waals surface area (Å²) in [7, 11) is 1.64. The predicted octanol–water partition coefficient (Wildman–Crippen LogP) is 2.01. The second kappa shape index (κ2) is 6.83. The number of aryl methyl sites for hydroxylation is 1. The molecule has 18 heavy (non-hydrogen) atoms. The van der Waals surface area contributed by atoms with Crippen molar-refractivity contribution in [3.63, 3.8) is 0 Å². The van der Waals surface area contributed by atoms with E-state index in [0.717, 1.165) is 5.56 Å². The molecule has 0 heterocycles. The maximum absolute atomic E-state index is 13.1. The molecule has 102 valence electrons. The lowest BCUT2D eigenvalue weighted by atomic mass is 9.98. The van der Waals surface area contributed by atoms with Crippen molar-refractivity contribution in [3.05, 3.63) is 35.1 Å². The number of hydrogen-bond donors (Lipinski definition) is 2. The summed E-state index contributed by atoms with van der Waals surface area (Å²) in [6.07, 6.45) is 0.612. The molecule has 1 atom stereocenters. The Kier molecular flexibility index (Phi) is 5.72. The summed E-state index contributed by atoms with van der Waals surface area (Å²) in [5.74, 6) is -0.186. The molecule has 0 bridgehead atoms. The smallest absolute Gasteiger partial charge is 0.126 e. The molecule has 0 fully saturated rings. The van der Waals surface area contributed by atoms with E-state index in [2.05, 4.69) is 5.32 Å². The zero-order chi connectivity index (χ0) is 13.6. The van der Waals surface area contributed by atoms with E-state index in [-0.39, 0.29) is 18.0 Å². The Hall–Kier alpha value is -0.970. The molecule has 0 spiro atoms. The lowest BCUT2D eigenvalue weighted by Crippen LogP contribution is -2.46. The molecule has 1 rings (SSSR count). The molecule has 1 unspecified atom stereocenters. The van der Waals surface area contributed by atoms with Gasteiger partial charge in [-0.2, -0.15) is 0 Å². The molecule has 0 aromatic heterocycles. The molecule has 0 aliphatic carbocycles. The van der Waals surface area contributed by atoms with E-state index in [1.165, 1.54) is 6.07 Å². The summed E-state index contributed by atoms with van der Waals surface area (Å²) in [6.45, 7) is 5.01. The molecule has 1 aromatic carbocycles. The van der Waals surface area contributed by atoms with Gasteiger partial charge in [-0.1, -0.05) is 12.1 Å². The van der Waals surface area contributed by atoms with Crippen molar-refractivity contribution >= 4 is 0 Å². The van der Waals surface area contributed by atoms with Crippen LogP contribution in [0, 0.1) is 12.7 Å². The first-order chi connectivity index (χ1) is 8.50. The second-order valence-corrected chi connectivity index (χ2v) is 4.90. The highest BCUT2D eigenvalue weighted by molar-refractivity contribution is 5.23. The van der Waals surface area contributed by atoms with E-state index in [9.17, 15) is 4.39 Å². The molecule has 0 aliphatic rings. The van der Waals surface area contributed by atoms with Crippen LogP contribution in [0.5, 0.6) is 0 Å². The van der Waals surface area contributed by atoms with Gasteiger partial charge in [-0.3, -0.25) is 0 Å². The van der Waals surface area contributed by atoms with Crippen molar-refractivity contribution in [3.8, 4) is 0 Å². The van der Waals surface area contributed by atoms with E-state index in [1.807, 2.05) is 13.0 Å². The normalized spacial score (nSPS) is 14.5. The number of hydrogen-bond acceptors (Lipinski definition) is 3. The maximum Gasteiger partial charge on any atom is 0.126 e. The topological polar surface area (TPSA) is 41.5 Å². The Labute approximate surface area is 108 Å². The van der Waals surface area contributed by atoms with Gasteiger partial charge in [0.05, 0.1) is 6.61 Å². The van der Waals surface area contributed by atoms with Crippen LogP contribution in [0.1, 0.15) is 24.5 Å². The third kappa shape index (κ3) is 4.37. The van der Waals surface area contributed by atoms with Gasteiger partial charge in [0, 0.05) is 25.8 Å². The number of halogens is 1. The minimum absolute atomic E-state index is 0.106. The van der Waals surface area contributed by atoms with E-state index in [0.29, 0.717) is 25.1 Å². The van der Waals surface area contributed by atoms with Gasteiger partial charge in [0.1, 0.15) is 5.82 Å². The molecular formula is C14H22FNO2. The number of methoxy groups -OCH3 is 1. The minimum Gasteiger partial charge on any atom is -0.396 e. The summed E-state index contributed by atoms with van der Waals surface area (Å²) in [5.41, 5.74) is 1.39. The van der Waals surface area contributed by atoms with E-state index < -0.39 is 0 Å². The molecule has 0 saturated heterocycles. The molecule has 0 aliphatic heterocycles. The maximum atomic E-state index is 13.1. The first-order valence-electron chi connectivity index (χ1n) is 6.10. The van der Waals surface area contributed by atoms with Crippen molar-refractivity contribution in [1.29, 1.82) is 0 Å². The van der Waals surface area contributed by atoms with Crippen molar-refractivity contribution in [2.24, 2.45) is 0 Å². The SMILES string of the molecule is COCC(C)(CCO)NCc1ccc(F)c(C)c1. The van der Waals surface area contributed by atoms with Gasteiger partial charge in [-0.05, 0) is 37.5 Å². The Morgan fingerprint density at radius 1 is 1.44 bits per heavy atom. The average Bonchev–Trinajstić information content (AvgIpc) is 2.32. The monoisotopic (exact) mass is 255 g/mol. The van der Waals surface area contributed by atoms with Crippen LogP contribution in [0.2, 0.25) is 0 Å². The van der Waals surface area contributed by atoms with Crippen molar-refractivity contribution in [1.82, 2.24) is 5.32 Å². The van der Waals surface area contributed by atoms with Crippen molar-refractivity contribution in [2.75, 3.05) is 20.3 Å². The van der Waals surface area contributed by atoms with Crippen LogP contribution >= 0.6 is 0 Å². The summed E-state index contributed by atoms with van der Waals surface area (Å²) in [6, 6.07) is 5.07. The molecule has 0 saturated carbocycles. The highest BCUT2D eigenvalue weighted by Gasteiger charge is 2.22. The minimum atomic E-state index is -0.272. The Bertz CT molecular complexity index is 376. The Morgan fingerprint density at radius 2 is 2.17 bits per heavy atom. The third-order valence-corrected chi connectivity index (χ3v) is 3.07. The number of aliphatic hydroxyl groups is 1. The van der Waals surface area contributed by atoms with Crippen LogP contribution in [0.3, 0.4) is 0 Å². The van der Waals surface area contributed by atoms with Gasteiger partial charge < -0.3 is 15.2 Å². The zero-order valence-corrected chi connectivity index (χ0v) is 11.3. The van der Waals surface area contributed by atoms with Gasteiger partial charge in [-0.25, -0.2) is 4.39 Å². The number of rotatable bonds is 7. The third-order valence-electron chi connectivity index (χ3n) is 3.07. The molecule has 2 N–H and O–H groups in total. The highest BCUT2D eigenvalue weighted by atomic mass is 19.1.